The average molecular weight is 315 g/mol. The Kier molecular flexibility index (Phi) is 8.66. The molecule has 6 heteroatoms. The number of hydrogen-bond donors (Lipinski definition) is 1. The van der Waals surface area contributed by atoms with Crippen LogP contribution in [0.15, 0.2) is 30.3 Å². The van der Waals surface area contributed by atoms with Gasteiger partial charge in [-0.3, -0.25) is 14.5 Å². The summed E-state index contributed by atoms with van der Waals surface area (Å²) in [6, 6.07) is 9.13. The van der Waals surface area contributed by atoms with E-state index in [1.54, 1.807) is 23.8 Å². The number of hydrogen-bond acceptors (Lipinski definition) is 3. The molecule has 0 saturated carbocycles. The average Bonchev–Trinajstić information content (AvgIpc) is 2.45. The van der Waals surface area contributed by atoms with Crippen molar-refractivity contribution in [1.82, 2.24) is 4.90 Å². The highest BCUT2D eigenvalue weighted by Gasteiger charge is 2.24. The maximum Gasteiger partial charge on any atom is 0.304 e. The fraction of sp³-hybridized carbons (Fsp3) is 0.467. The van der Waals surface area contributed by atoms with Crippen molar-refractivity contribution in [2.24, 2.45) is 0 Å². The zero-order valence-corrected chi connectivity index (χ0v) is 13.5. The number of likely N-dealkylation sites (N-methyl/N-ethyl adjacent to an activating group) is 2. The lowest BCUT2D eigenvalue weighted by Gasteiger charge is -2.29. The first-order valence-corrected chi connectivity index (χ1v) is 6.75. The fourth-order valence-corrected chi connectivity index (χ4v) is 1.95. The van der Waals surface area contributed by atoms with Gasteiger partial charge < -0.3 is 10.0 Å². The van der Waals surface area contributed by atoms with Crippen LogP contribution in [0, 0.1) is 0 Å². The zero-order valence-electron chi connectivity index (χ0n) is 12.7. The van der Waals surface area contributed by atoms with Crippen molar-refractivity contribution < 1.29 is 14.7 Å². The van der Waals surface area contributed by atoms with Crippen LogP contribution >= 0.6 is 12.4 Å². The SMILES string of the molecule is CCN(C(=O)C(C)N(C)CCC(=O)O)c1ccccc1.Cl. The first kappa shape index (κ1) is 19.4. The van der Waals surface area contributed by atoms with E-state index in [1.165, 1.54) is 0 Å². The summed E-state index contributed by atoms with van der Waals surface area (Å²) in [7, 11) is 1.77. The van der Waals surface area contributed by atoms with E-state index in [1.807, 2.05) is 37.3 Å². The summed E-state index contributed by atoms with van der Waals surface area (Å²) in [4.78, 5) is 26.6. The molecule has 1 unspecified atom stereocenters. The topological polar surface area (TPSA) is 60.9 Å². The Morgan fingerprint density at radius 2 is 1.81 bits per heavy atom. The van der Waals surface area contributed by atoms with E-state index in [0.717, 1.165) is 5.69 Å². The van der Waals surface area contributed by atoms with Crippen LogP contribution in [0.4, 0.5) is 5.69 Å². The van der Waals surface area contributed by atoms with Gasteiger partial charge in [0.1, 0.15) is 0 Å². The van der Waals surface area contributed by atoms with Crippen LogP contribution in [0.1, 0.15) is 20.3 Å². The molecule has 0 radical (unpaired) electrons. The minimum Gasteiger partial charge on any atom is -0.481 e. The van der Waals surface area contributed by atoms with Gasteiger partial charge in [0, 0.05) is 18.8 Å². The standard InChI is InChI=1S/C15H22N2O3.ClH/c1-4-17(13-8-6-5-7-9-13)15(20)12(2)16(3)11-10-14(18)19;/h5-9,12H,4,10-11H2,1-3H3,(H,18,19);1H. The minimum atomic E-state index is -0.855. The fourth-order valence-electron chi connectivity index (χ4n) is 1.95. The minimum absolute atomic E-state index is 0. The summed E-state index contributed by atoms with van der Waals surface area (Å²) in [5, 5.41) is 8.69. The highest BCUT2D eigenvalue weighted by atomic mass is 35.5. The second-order valence-electron chi connectivity index (χ2n) is 4.72. The lowest BCUT2D eigenvalue weighted by molar-refractivity contribution is -0.138. The largest absolute Gasteiger partial charge is 0.481 e. The van der Waals surface area contributed by atoms with Gasteiger partial charge in [0.25, 0.3) is 0 Å². The number of nitrogens with zero attached hydrogens (tertiary/aromatic N) is 2. The third kappa shape index (κ3) is 5.73. The van der Waals surface area contributed by atoms with Crippen LogP contribution in [-0.4, -0.2) is 48.1 Å². The van der Waals surface area contributed by atoms with Crippen LogP contribution in [0.25, 0.3) is 0 Å². The van der Waals surface area contributed by atoms with Crippen molar-refractivity contribution in [2.75, 3.05) is 25.0 Å². The van der Waals surface area contributed by atoms with Gasteiger partial charge >= 0.3 is 5.97 Å². The molecular weight excluding hydrogens is 292 g/mol. The highest BCUT2D eigenvalue weighted by molar-refractivity contribution is 5.96. The molecule has 1 aromatic carbocycles. The summed E-state index contributed by atoms with van der Waals surface area (Å²) in [5.74, 6) is -0.876. The molecule has 0 bridgehead atoms. The number of anilines is 1. The Labute approximate surface area is 132 Å². The van der Waals surface area contributed by atoms with E-state index < -0.39 is 5.97 Å². The summed E-state index contributed by atoms with van der Waals surface area (Å²) < 4.78 is 0. The molecule has 0 heterocycles. The van der Waals surface area contributed by atoms with Gasteiger partial charge in [0.05, 0.1) is 12.5 Å². The molecule has 0 aliphatic carbocycles. The summed E-state index contributed by atoms with van der Waals surface area (Å²) >= 11 is 0. The Balaban J connectivity index is 0.00000400. The molecule has 0 saturated heterocycles. The molecule has 1 amide bonds. The molecule has 0 aliphatic rings. The molecule has 1 N–H and O–H groups in total. The van der Waals surface area contributed by atoms with Crippen LogP contribution in [0.3, 0.4) is 0 Å². The van der Waals surface area contributed by atoms with Crippen molar-refractivity contribution in [3.63, 3.8) is 0 Å². The molecule has 1 aromatic rings. The van der Waals surface area contributed by atoms with Crippen molar-refractivity contribution in [3.05, 3.63) is 30.3 Å². The maximum atomic E-state index is 12.5. The number of para-hydroxylation sites is 1. The Bertz CT molecular complexity index is 453. The summed E-state index contributed by atoms with van der Waals surface area (Å²) in [5.41, 5.74) is 0.860. The monoisotopic (exact) mass is 314 g/mol. The second-order valence-corrected chi connectivity index (χ2v) is 4.72. The Morgan fingerprint density at radius 1 is 1.24 bits per heavy atom. The van der Waals surface area contributed by atoms with Crippen molar-refractivity contribution in [3.8, 4) is 0 Å². The maximum absolute atomic E-state index is 12.5. The van der Waals surface area contributed by atoms with Crippen LogP contribution < -0.4 is 4.90 Å². The normalized spacial score (nSPS) is 11.6. The molecular formula is C15H23ClN2O3. The number of carboxylic acid groups (broad SMARTS) is 1. The van der Waals surface area contributed by atoms with Crippen LogP contribution in [0.2, 0.25) is 0 Å². The van der Waals surface area contributed by atoms with E-state index in [4.69, 9.17) is 5.11 Å². The van der Waals surface area contributed by atoms with E-state index in [2.05, 4.69) is 0 Å². The molecule has 1 rings (SSSR count). The Morgan fingerprint density at radius 3 is 2.29 bits per heavy atom. The van der Waals surface area contributed by atoms with E-state index in [0.29, 0.717) is 13.1 Å². The number of carbonyl (C=O) groups excluding carboxylic acids is 1. The molecule has 0 aromatic heterocycles. The lowest BCUT2D eigenvalue weighted by atomic mass is 10.2. The van der Waals surface area contributed by atoms with Gasteiger partial charge in [0.15, 0.2) is 0 Å². The van der Waals surface area contributed by atoms with Gasteiger partial charge in [-0.15, -0.1) is 12.4 Å². The van der Waals surface area contributed by atoms with E-state index in [-0.39, 0.29) is 30.8 Å². The van der Waals surface area contributed by atoms with Crippen molar-refractivity contribution >= 4 is 30.0 Å². The highest BCUT2D eigenvalue weighted by Crippen LogP contribution is 2.15. The molecule has 0 spiro atoms. The molecule has 118 valence electrons. The number of benzene rings is 1. The smallest absolute Gasteiger partial charge is 0.304 e. The third-order valence-electron chi connectivity index (χ3n) is 3.35. The molecule has 0 aliphatic heterocycles. The third-order valence-corrected chi connectivity index (χ3v) is 3.35. The van der Waals surface area contributed by atoms with Gasteiger partial charge in [-0.2, -0.15) is 0 Å². The van der Waals surface area contributed by atoms with Crippen molar-refractivity contribution in [2.45, 2.75) is 26.3 Å². The lowest BCUT2D eigenvalue weighted by Crippen LogP contribution is -2.46. The molecule has 21 heavy (non-hydrogen) atoms. The van der Waals surface area contributed by atoms with E-state index in [9.17, 15) is 9.59 Å². The van der Waals surface area contributed by atoms with Crippen LogP contribution in [-0.2, 0) is 9.59 Å². The number of amides is 1. The van der Waals surface area contributed by atoms with Gasteiger partial charge in [-0.05, 0) is 33.0 Å². The zero-order chi connectivity index (χ0) is 15.1. The molecule has 5 nitrogen and oxygen atoms in total. The summed E-state index contributed by atoms with van der Waals surface area (Å²) in [6.45, 7) is 4.67. The first-order valence-electron chi connectivity index (χ1n) is 6.75. The quantitative estimate of drug-likeness (QED) is 0.838. The van der Waals surface area contributed by atoms with E-state index >= 15 is 0 Å². The number of carbonyl (C=O) groups is 2. The first-order chi connectivity index (χ1) is 9.47. The predicted molar refractivity (Wildman–Crippen MR) is 86.1 cm³/mol. The Hall–Kier alpha value is -1.59. The second kappa shape index (κ2) is 9.37. The number of rotatable bonds is 7. The molecule has 1 atom stereocenters. The van der Waals surface area contributed by atoms with Crippen LogP contribution in [0.5, 0.6) is 0 Å². The van der Waals surface area contributed by atoms with Gasteiger partial charge in [-0.1, -0.05) is 18.2 Å². The van der Waals surface area contributed by atoms with Gasteiger partial charge in [0.2, 0.25) is 5.91 Å². The summed E-state index contributed by atoms with van der Waals surface area (Å²) in [6.07, 6.45) is 0.0333. The predicted octanol–water partition coefficient (Wildman–Crippen LogP) is 2.26. The number of carboxylic acids is 1. The van der Waals surface area contributed by atoms with Crippen molar-refractivity contribution in [1.29, 1.82) is 0 Å². The number of halogens is 1. The molecule has 0 fully saturated rings. The van der Waals surface area contributed by atoms with Gasteiger partial charge in [-0.25, -0.2) is 0 Å². The number of aliphatic carboxylic acids is 1.